The van der Waals surface area contributed by atoms with Crippen molar-refractivity contribution in [1.82, 2.24) is 19.8 Å². The van der Waals surface area contributed by atoms with Crippen molar-refractivity contribution in [3.63, 3.8) is 0 Å². The number of carbonyl (C=O) groups is 2. The molecule has 102 valence electrons. The molecule has 1 spiro atoms. The molecule has 1 aromatic heterocycles. The molecule has 1 aliphatic carbocycles. The van der Waals surface area contributed by atoms with Gasteiger partial charge in [-0.3, -0.25) is 9.69 Å². The molecular weight excluding hydrogens is 288 g/mol. The lowest BCUT2D eigenvalue weighted by atomic mass is 9.82. The van der Waals surface area contributed by atoms with Crippen molar-refractivity contribution in [2.24, 2.45) is 0 Å². The van der Waals surface area contributed by atoms with Crippen LogP contribution in [-0.4, -0.2) is 32.0 Å². The summed E-state index contributed by atoms with van der Waals surface area (Å²) in [5.74, 6) is -0.152. The number of halogens is 1. The molecule has 3 rings (SSSR count). The van der Waals surface area contributed by atoms with Gasteiger partial charge in [-0.2, -0.15) is 0 Å². The van der Waals surface area contributed by atoms with Crippen LogP contribution in [0.4, 0.5) is 4.79 Å². The summed E-state index contributed by atoms with van der Waals surface area (Å²) in [6, 6.07) is -0.351. The minimum atomic E-state index is -0.689. The fraction of sp³-hybridized carbons (Fsp3) is 0.636. The van der Waals surface area contributed by atoms with Crippen LogP contribution in [0.1, 0.15) is 37.8 Å². The molecule has 0 bridgehead atoms. The zero-order chi connectivity index (χ0) is 13.5. The lowest BCUT2D eigenvalue weighted by Gasteiger charge is -2.30. The average Bonchev–Trinajstić information content (AvgIpc) is 2.89. The van der Waals surface area contributed by atoms with Crippen LogP contribution in [0.15, 0.2) is 0 Å². The third-order valence-corrected chi connectivity index (χ3v) is 4.75. The van der Waals surface area contributed by atoms with Gasteiger partial charge in [-0.05, 0) is 12.8 Å². The highest BCUT2D eigenvalue weighted by atomic mass is 35.5. The maximum absolute atomic E-state index is 12.5. The number of hydrogen-bond acceptors (Lipinski definition) is 5. The molecule has 1 aliphatic heterocycles. The molecule has 1 saturated carbocycles. The van der Waals surface area contributed by atoms with Crippen LogP contribution in [0.25, 0.3) is 0 Å². The molecule has 2 aliphatic rings. The van der Waals surface area contributed by atoms with Gasteiger partial charge >= 0.3 is 6.03 Å². The van der Waals surface area contributed by atoms with Crippen molar-refractivity contribution in [1.29, 1.82) is 0 Å². The topological polar surface area (TPSA) is 75.2 Å². The molecule has 6 nitrogen and oxygen atoms in total. The summed E-state index contributed by atoms with van der Waals surface area (Å²) in [7, 11) is 0. The summed E-state index contributed by atoms with van der Waals surface area (Å²) in [5, 5.41) is 6.69. The van der Waals surface area contributed by atoms with E-state index in [1.807, 2.05) is 0 Å². The van der Waals surface area contributed by atoms with Gasteiger partial charge in [-0.25, -0.2) is 4.79 Å². The molecule has 0 radical (unpaired) electrons. The molecule has 0 aromatic carbocycles. The molecule has 3 amide bonds. The van der Waals surface area contributed by atoms with Crippen LogP contribution >= 0.6 is 23.1 Å². The van der Waals surface area contributed by atoms with E-state index in [0.29, 0.717) is 10.0 Å². The summed E-state index contributed by atoms with van der Waals surface area (Å²) in [6.07, 6.45) is 4.50. The summed E-state index contributed by atoms with van der Waals surface area (Å²) in [6.45, 7) is 0.0990. The molecule has 2 fully saturated rings. The smallest absolute Gasteiger partial charge is 0.323 e. The normalized spacial score (nSPS) is 22.1. The van der Waals surface area contributed by atoms with Crippen LogP contribution in [0, 0.1) is 0 Å². The second kappa shape index (κ2) is 4.72. The molecule has 2 heterocycles. The lowest BCUT2D eigenvalue weighted by molar-refractivity contribution is -0.132. The van der Waals surface area contributed by atoms with Crippen LogP contribution in [-0.2, 0) is 11.3 Å². The van der Waals surface area contributed by atoms with Gasteiger partial charge in [0.2, 0.25) is 0 Å². The van der Waals surface area contributed by atoms with Crippen LogP contribution in [0.2, 0.25) is 4.34 Å². The zero-order valence-corrected chi connectivity index (χ0v) is 11.8. The predicted octanol–water partition coefficient (Wildman–Crippen LogP) is 1.95. The van der Waals surface area contributed by atoms with Gasteiger partial charge in [-0.1, -0.05) is 35.4 Å². The number of nitrogens with zero attached hydrogens (tertiary/aromatic N) is 3. The zero-order valence-electron chi connectivity index (χ0n) is 10.2. The molecular formula is C11H13ClN4O2S. The van der Waals surface area contributed by atoms with Crippen molar-refractivity contribution in [3.05, 3.63) is 10.0 Å². The van der Waals surface area contributed by atoms with E-state index < -0.39 is 5.54 Å². The standard InChI is InChI=1S/C11H13ClN4O2S/c12-8-7(14-15-19-8)6-16-9(17)11(13-10(16)18)4-2-1-3-5-11/h1-6H2,(H,13,18). The number of nitrogens with one attached hydrogen (secondary N) is 1. The number of rotatable bonds is 2. The maximum atomic E-state index is 12.5. The second-order valence-corrected chi connectivity index (χ2v) is 6.31. The van der Waals surface area contributed by atoms with Crippen LogP contribution < -0.4 is 5.32 Å². The molecule has 0 unspecified atom stereocenters. The van der Waals surface area contributed by atoms with Crippen LogP contribution in [0.3, 0.4) is 0 Å². The monoisotopic (exact) mass is 300 g/mol. The van der Waals surface area contributed by atoms with Crippen molar-refractivity contribution >= 4 is 35.1 Å². The number of aromatic nitrogens is 2. The third-order valence-electron chi connectivity index (χ3n) is 3.77. The second-order valence-electron chi connectivity index (χ2n) is 4.96. The van der Waals surface area contributed by atoms with Gasteiger partial charge in [0.1, 0.15) is 15.6 Å². The Kier molecular flexibility index (Phi) is 3.18. The summed E-state index contributed by atoms with van der Waals surface area (Å²) < 4.78 is 4.13. The summed E-state index contributed by atoms with van der Waals surface area (Å²) in [4.78, 5) is 25.7. The Morgan fingerprint density at radius 3 is 2.68 bits per heavy atom. The van der Waals surface area contributed by atoms with E-state index in [1.165, 1.54) is 4.90 Å². The first-order chi connectivity index (χ1) is 9.12. The first kappa shape index (κ1) is 12.8. The highest BCUT2D eigenvalue weighted by molar-refractivity contribution is 7.10. The van der Waals surface area contributed by atoms with E-state index in [2.05, 4.69) is 14.9 Å². The average molecular weight is 301 g/mol. The highest BCUT2D eigenvalue weighted by Crippen LogP contribution is 2.34. The van der Waals surface area contributed by atoms with Gasteiger partial charge in [0.15, 0.2) is 0 Å². The van der Waals surface area contributed by atoms with Gasteiger partial charge in [0.25, 0.3) is 5.91 Å². The van der Waals surface area contributed by atoms with E-state index in [4.69, 9.17) is 11.6 Å². The molecule has 1 saturated heterocycles. The number of hydrogen-bond donors (Lipinski definition) is 1. The fourth-order valence-electron chi connectivity index (χ4n) is 2.76. The lowest BCUT2D eigenvalue weighted by Crippen LogP contribution is -2.48. The Labute approximate surface area is 119 Å². The molecule has 1 N–H and O–H groups in total. The largest absolute Gasteiger partial charge is 0.325 e. The summed E-state index contributed by atoms with van der Waals surface area (Å²) in [5.41, 5.74) is -0.214. The van der Waals surface area contributed by atoms with Crippen molar-refractivity contribution in [2.75, 3.05) is 0 Å². The Morgan fingerprint density at radius 2 is 2.05 bits per heavy atom. The Bertz CT molecular complexity index is 527. The number of carbonyl (C=O) groups excluding carboxylic acids is 2. The minimum Gasteiger partial charge on any atom is -0.323 e. The van der Waals surface area contributed by atoms with E-state index in [0.717, 1.165) is 43.6 Å². The highest BCUT2D eigenvalue weighted by Gasteiger charge is 2.51. The number of imide groups is 1. The van der Waals surface area contributed by atoms with E-state index in [1.54, 1.807) is 0 Å². The predicted molar refractivity (Wildman–Crippen MR) is 69.8 cm³/mol. The van der Waals surface area contributed by atoms with Gasteiger partial charge in [0, 0.05) is 11.5 Å². The summed E-state index contributed by atoms with van der Waals surface area (Å²) >= 11 is 6.97. The van der Waals surface area contributed by atoms with E-state index in [-0.39, 0.29) is 18.5 Å². The van der Waals surface area contributed by atoms with E-state index in [9.17, 15) is 9.59 Å². The molecule has 1 aromatic rings. The fourth-order valence-corrected chi connectivity index (χ4v) is 3.37. The number of urea groups is 1. The third kappa shape index (κ3) is 2.10. The molecule has 0 atom stereocenters. The quantitative estimate of drug-likeness (QED) is 0.847. The van der Waals surface area contributed by atoms with Crippen molar-refractivity contribution in [3.8, 4) is 0 Å². The maximum Gasteiger partial charge on any atom is 0.325 e. The molecule has 8 heteroatoms. The Morgan fingerprint density at radius 1 is 1.32 bits per heavy atom. The van der Waals surface area contributed by atoms with Crippen molar-refractivity contribution < 1.29 is 9.59 Å². The minimum absolute atomic E-state index is 0.0990. The first-order valence-electron chi connectivity index (χ1n) is 6.23. The Hall–Kier alpha value is -1.21. The van der Waals surface area contributed by atoms with Crippen LogP contribution in [0.5, 0.6) is 0 Å². The van der Waals surface area contributed by atoms with Crippen molar-refractivity contribution in [2.45, 2.75) is 44.2 Å². The Balaban J connectivity index is 1.81. The van der Waals surface area contributed by atoms with E-state index >= 15 is 0 Å². The first-order valence-corrected chi connectivity index (χ1v) is 7.38. The van der Waals surface area contributed by atoms with Gasteiger partial charge < -0.3 is 5.32 Å². The van der Waals surface area contributed by atoms with Gasteiger partial charge in [-0.15, -0.1) is 5.10 Å². The number of amides is 3. The SMILES string of the molecule is O=C1NC2(CCCCC2)C(=O)N1Cc1nnsc1Cl. The van der Waals surface area contributed by atoms with Gasteiger partial charge in [0.05, 0.1) is 6.54 Å². The molecule has 19 heavy (non-hydrogen) atoms.